The van der Waals surface area contributed by atoms with Crippen LogP contribution < -0.4 is 0 Å². The average molecular weight is 763 g/mol. The van der Waals surface area contributed by atoms with Crippen molar-refractivity contribution in [3.05, 3.63) is 82.6 Å². The quantitative estimate of drug-likeness (QED) is 0.250. The predicted octanol–water partition coefficient (Wildman–Crippen LogP) is 12.6. The molecule has 0 spiro atoms. The fourth-order valence-electron chi connectivity index (χ4n) is 5.43. The highest BCUT2D eigenvalue weighted by Crippen LogP contribution is 2.24. The van der Waals surface area contributed by atoms with Gasteiger partial charge >= 0.3 is 0 Å². The Morgan fingerprint density at radius 1 is 0.778 bits per heavy atom. The minimum atomic E-state index is -0.197. The molecule has 0 N–H and O–H groups in total. The molecule has 1 atom stereocenters. The van der Waals surface area contributed by atoms with E-state index in [1.807, 2.05) is 31.7 Å². The fraction of sp³-hybridized carbons (Fsp3) is 0.617. The summed E-state index contributed by atoms with van der Waals surface area (Å²) in [6, 6.07) is 25.3. The Bertz CT molecular complexity index is 1420. The molecule has 6 nitrogen and oxygen atoms in total. The van der Waals surface area contributed by atoms with Gasteiger partial charge in [0.15, 0.2) is 0 Å². The van der Waals surface area contributed by atoms with E-state index in [9.17, 15) is 4.79 Å². The minimum Gasteiger partial charge on any atom is -0.376 e. The average Bonchev–Trinajstić information content (AvgIpc) is 3.82. The number of likely N-dealkylation sites (tertiary alicyclic amines) is 1. The van der Waals surface area contributed by atoms with Gasteiger partial charge in [-0.1, -0.05) is 102 Å². The molecule has 7 heteroatoms. The first-order valence-corrected chi connectivity index (χ1v) is 20.7. The molecule has 0 bridgehead atoms. The molecular weight excluding hydrogens is 689 g/mol. The van der Waals surface area contributed by atoms with E-state index in [1.165, 1.54) is 54.2 Å². The van der Waals surface area contributed by atoms with Crippen molar-refractivity contribution >= 4 is 17.2 Å². The molecule has 2 aliphatic heterocycles. The van der Waals surface area contributed by atoms with Crippen molar-refractivity contribution in [1.82, 2.24) is 4.90 Å². The van der Waals surface area contributed by atoms with Crippen LogP contribution in [0.25, 0.3) is 11.1 Å². The lowest BCUT2D eigenvalue weighted by atomic mass is 9.88. The van der Waals surface area contributed by atoms with Crippen molar-refractivity contribution in [1.29, 1.82) is 5.26 Å². The van der Waals surface area contributed by atoms with Crippen LogP contribution in [-0.4, -0.2) is 54.4 Å². The van der Waals surface area contributed by atoms with Gasteiger partial charge in [0.05, 0.1) is 36.6 Å². The summed E-state index contributed by atoms with van der Waals surface area (Å²) in [4.78, 5) is 15.0. The van der Waals surface area contributed by atoms with Gasteiger partial charge in [-0.3, -0.25) is 4.79 Å². The second-order valence-electron chi connectivity index (χ2n) is 18.2. The minimum absolute atomic E-state index is 0.0219. The predicted molar refractivity (Wildman–Crippen MR) is 230 cm³/mol. The first kappa shape index (κ1) is 49.0. The molecule has 0 aliphatic carbocycles. The molecule has 3 heterocycles. The number of carbonyl (C=O) groups is 1. The van der Waals surface area contributed by atoms with Gasteiger partial charge in [0.2, 0.25) is 5.91 Å². The molecule has 1 aromatic heterocycles. The fourth-order valence-corrected chi connectivity index (χ4v) is 6.05. The first-order chi connectivity index (χ1) is 25.1. The van der Waals surface area contributed by atoms with Crippen LogP contribution in [0.2, 0.25) is 0 Å². The molecule has 0 saturated carbocycles. The zero-order valence-corrected chi connectivity index (χ0v) is 37.0. The Hall–Kier alpha value is -3.02. The Morgan fingerprint density at radius 2 is 1.33 bits per heavy atom. The number of amides is 1. The molecule has 3 aromatic rings. The molecule has 2 aliphatic rings. The van der Waals surface area contributed by atoms with Gasteiger partial charge in [-0.2, -0.15) is 5.26 Å². The van der Waals surface area contributed by atoms with E-state index in [1.54, 1.807) is 17.4 Å². The summed E-state index contributed by atoms with van der Waals surface area (Å²) in [5.74, 6) is 0.308. The lowest BCUT2D eigenvalue weighted by Gasteiger charge is -2.32. The van der Waals surface area contributed by atoms with Crippen LogP contribution in [0.4, 0.5) is 0 Å². The number of thiophene rings is 1. The second-order valence-corrected chi connectivity index (χ2v) is 19.2. The van der Waals surface area contributed by atoms with Crippen LogP contribution in [-0.2, 0) is 32.0 Å². The topological polar surface area (TPSA) is 71.8 Å². The van der Waals surface area contributed by atoms with Gasteiger partial charge in [0.1, 0.15) is 0 Å². The summed E-state index contributed by atoms with van der Waals surface area (Å²) in [5, 5.41) is 9.39. The molecule has 2 fully saturated rings. The van der Waals surface area contributed by atoms with E-state index >= 15 is 0 Å². The molecule has 54 heavy (non-hydrogen) atoms. The number of nitriles is 1. The van der Waals surface area contributed by atoms with Gasteiger partial charge in [-0.05, 0) is 114 Å². The molecule has 302 valence electrons. The molecule has 5 rings (SSSR count). The molecule has 2 saturated heterocycles. The maximum Gasteiger partial charge on any atom is 0.227 e. The normalized spacial score (nSPS) is 15.8. The Labute approximate surface area is 334 Å². The number of hydrogen-bond donors (Lipinski definition) is 0. The summed E-state index contributed by atoms with van der Waals surface area (Å²) in [5.41, 5.74) is 4.11. The van der Waals surface area contributed by atoms with Crippen LogP contribution >= 0.6 is 11.3 Å². The second kappa shape index (κ2) is 24.5. The van der Waals surface area contributed by atoms with E-state index in [2.05, 4.69) is 128 Å². The molecule has 2 aromatic carbocycles. The lowest BCUT2D eigenvalue weighted by molar-refractivity contribution is -0.140. The third-order valence-corrected chi connectivity index (χ3v) is 8.88. The Balaban J connectivity index is 0.000000357. The van der Waals surface area contributed by atoms with Gasteiger partial charge in [-0.25, -0.2) is 0 Å². The van der Waals surface area contributed by atoms with Crippen molar-refractivity contribution < 1.29 is 19.0 Å². The Kier molecular flexibility index (Phi) is 22.2. The zero-order chi connectivity index (χ0) is 40.8. The molecule has 1 amide bonds. The highest BCUT2D eigenvalue weighted by atomic mass is 32.1. The summed E-state index contributed by atoms with van der Waals surface area (Å²) in [7, 11) is 0. The maximum absolute atomic E-state index is 11.7. The summed E-state index contributed by atoms with van der Waals surface area (Å²) in [6.07, 6.45) is 7.49. The van der Waals surface area contributed by atoms with Gasteiger partial charge in [0, 0.05) is 36.9 Å². The van der Waals surface area contributed by atoms with Crippen molar-refractivity contribution in [3.63, 3.8) is 0 Å². The van der Waals surface area contributed by atoms with E-state index in [0.29, 0.717) is 17.4 Å². The number of piperidine rings is 1. The van der Waals surface area contributed by atoms with E-state index in [4.69, 9.17) is 19.5 Å². The number of carbonyl (C=O) groups excluding carboxylic acids is 1. The molecular formula is C47H74N2O4S. The van der Waals surface area contributed by atoms with Gasteiger partial charge in [-0.15, -0.1) is 11.3 Å². The lowest BCUT2D eigenvalue weighted by Crippen LogP contribution is -2.42. The number of rotatable bonds is 6. The number of hydrogen-bond acceptors (Lipinski definition) is 6. The van der Waals surface area contributed by atoms with Crippen molar-refractivity contribution in [2.75, 3.05) is 26.3 Å². The van der Waals surface area contributed by atoms with Crippen molar-refractivity contribution in [2.24, 2.45) is 10.8 Å². The Morgan fingerprint density at radius 3 is 1.78 bits per heavy atom. The van der Waals surface area contributed by atoms with E-state index in [-0.39, 0.29) is 16.6 Å². The van der Waals surface area contributed by atoms with Crippen LogP contribution in [0.3, 0.4) is 0 Å². The largest absolute Gasteiger partial charge is 0.376 e. The summed E-state index contributed by atoms with van der Waals surface area (Å²) < 4.78 is 16.6. The zero-order valence-electron chi connectivity index (χ0n) is 36.2. The van der Waals surface area contributed by atoms with Crippen LogP contribution in [0, 0.1) is 22.2 Å². The van der Waals surface area contributed by atoms with Gasteiger partial charge in [0.25, 0.3) is 0 Å². The smallest absolute Gasteiger partial charge is 0.227 e. The summed E-state index contributed by atoms with van der Waals surface area (Å²) >= 11 is 1.74. The monoisotopic (exact) mass is 763 g/mol. The van der Waals surface area contributed by atoms with E-state index < -0.39 is 0 Å². The number of benzene rings is 2. The molecule has 0 radical (unpaired) electrons. The summed E-state index contributed by atoms with van der Waals surface area (Å²) in [6.45, 7) is 31.0. The maximum atomic E-state index is 11.7. The SMILES string of the molecule is CC#N.CC(C)(C)C(=O)N1CCCCC1.CC(C)(C)Cc1ccc(-c2ccccc2)cc1.CC(C)(C)OCC1CCCO1.CC(C)(C)OCc1cccs1. The van der Waals surface area contributed by atoms with Gasteiger partial charge < -0.3 is 19.1 Å². The number of ether oxygens (including phenoxy) is 3. The highest BCUT2D eigenvalue weighted by molar-refractivity contribution is 7.09. The third-order valence-electron chi connectivity index (χ3n) is 8.03. The van der Waals surface area contributed by atoms with Crippen LogP contribution in [0.5, 0.6) is 0 Å². The number of nitrogens with zero attached hydrogens (tertiary/aromatic N) is 2. The van der Waals surface area contributed by atoms with Crippen LogP contribution in [0.15, 0.2) is 72.1 Å². The molecule has 1 unspecified atom stereocenters. The van der Waals surface area contributed by atoms with Crippen molar-refractivity contribution in [2.45, 2.75) is 152 Å². The van der Waals surface area contributed by atoms with E-state index in [0.717, 1.165) is 45.8 Å². The first-order valence-electron chi connectivity index (χ1n) is 19.8. The highest BCUT2D eigenvalue weighted by Gasteiger charge is 2.27. The third kappa shape index (κ3) is 24.4. The standard InChI is InChI=1S/C17H20.C10H19NO.C9H18O2.C9H14OS.C2H3N/c1-17(2,3)13-14-9-11-16(12-10-14)15-7-5-4-6-8-15;1-10(2,3)9(12)11-7-5-4-6-8-11;1-9(2,3)11-7-8-5-4-6-10-8;1-9(2,3)10-7-8-5-4-6-11-8;1-2-3/h4-12H,13H2,1-3H3;4-8H2,1-3H3;8H,4-7H2,1-3H3;4-6H,7H2,1-3H3;1H3. The van der Waals surface area contributed by atoms with Crippen molar-refractivity contribution in [3.8, 4) is 17.2 Å². The van der Waals surface area contributed by atoms with Crippen LogP contribution in [0.1, 0.15) is 133 Å².